The fourth-order valence-corrected chi connectivity index (χ4v) is 3.00. The molecule has 2 aromatic rings. The number of fused-ring (bicyclic) bond motifs is 1. The molecule has 1 heterocycles. The smallest absolute Gasteiger partial charge is 0.149 e. The summed E-state index contributed by atoms with van der Waals surface area (Å²) in [7, 11) is 0. The van der Waals surface area contributed by atoms with Crippen molar-refractivity contribution in [3.8, 4) is 0 Å². The molecule has 0 amide bonds. The van der Waals surface area contributed by atoms with Crippen molar-refractivity contribution >= 4 is 33.2 Å². The highest BCUT2D eigenvalue weighted by Gasteiger charge is 2.23. The van der Waals surface area contributed by atoms with Gasteiger partial charge in [0.2, 0.25) is 0 Å². The van der Waals surface area contributed by atoms with Gasteiger partial charge in [-0.05, 0) is 51.3 Å². The van der Waals surface area contributed by atoms with Crippen LogP contribution in [0.5, 0.6) is 0 Å². The molecule has 0 aromatic heterocycles. The van der Waals surface area contributed by atoms with Gasteiger partial charge in [-0.25, -0.2) is 13.8 Å². The molecular weight excluding hydrogens is 368 g/mol. The van der Waals surface area contributed by atoms with Crippen molar-refractivity contribution in [3.63, 3.8) is 0 Å². The number of oxime groups is 1. The van der Waals surface area contributed by atoms with Crippen LogP contribution in [0.25, 0.3) is 0 Å². The number of nitrogens with zero attached hydrogens (tertiary/aromatic N) is 2. The van der Waals surface area contributed by atoms with Crippen LogP contribution < -0.4 is 5.73 Å². The van der Waals surface area contributed by atoms with Crippen molar-refractivity contribution in [1.82, 2.24) is 0 Å². The van der Waals surface area contributed by atoms with E-state index in [9.17, 15) is 14.0 Å². The highest BCUT2D eigenvalue weighted by molar-refractivity contribution is 9.10. The molecule has 0 saturated heterocycles. The average molecular weight is 380 g/mol. The van der Waals surface area contributed by atoms with E-state index >= 15 is 0 Å². The number of halogens is 3. The lowest BCUT2D eigenvalue weighted by atomic mass is 9.95. The molecule has 0 radical (unpaired) electrons. The molecule has 0 bridgehead atoms. The van der Waals surface area contributed by atoms with Gasteiger partial charge in [0.25, 0.3) is 0 Å². The number of benzene rings is 2. The Morgan fingerprint density at radius 1 is 1.26 bits per heavy atom. The second-order valence-electron chi connectivity index (χ2n) is 5.17. The molecule has 4 nitrogen and oxygen atoms in total. The van der Waals surface area contributed by atoms with E-state index in [1.54, 1.807) is 12.1 Å². The predicted molar refractivity (Wildman–Crippen MR) is 87.5 cm³/mol. The SMILES string of the molecule is NC1=Nc2c(F)ccc(/C(Cc3ccc(F)c(Br)c3)=N/O)c2C1. The van der Waals surface area contributed by atoms with E-state index in [2.05, 4.69) is 26.1 Å². The Morgan fingerprint density at radius 2 is 2.00 bits per heavy atom. The van der Waals surface area contributed by atoms with Gasteiger partial charge in [0.05, 0.1) is 10.2 Å². The van der Waals surface area contributed by atoms with E-state index in [1.165, 1.54) is 18.2 Å². The minimum Gasteiger partial charge on any atom is -0.411 e. The molecule has 3 rings (SSSR count). The standard InChI is InChI=1S/C16H12BrF2N3O/c17-11-5-8(1-3-12(11)18)6-14(22-23)9-2-4-13(19)16-10(9)7-15(20)21-16/h1-5,23H,6-7H2,(H2,20,21)/b22-14+. The van der Waals surface area contributed by atoms with E-state index < -0.39 is 5.82 Å². The zero-order chi connectivity index (χ0) is 16.6. The largest absolute Gasteiger partial charge is 0.411 e. The van der Waals surface area contributed by atoms with Gasteiger partial charge in [-0.3, -0.25) is 0 Å². The van der Waals surface area contributed by atoms with E-state index in [0.29, 0.717) is 33.6 Å². The molecular formula is C16H12BrF2N3O. The minimum absolute atomic E-state index is 0.182. The molecule has 0 atom stereocenters. The summed E-state index contributed by atoms with van der Waals surface area (Å²) in [6.07, 6.45) is 0.557. The Hall–Kier alpha value is -2.28. The third-order valence-corrected chi connectivity index (χ3v) is 4.24. The zero-order valence-electron chi connectivity index (χ0n) is 11.9. The summed E-state index contributed by atoms with van der Waals surface area (Å²) < 4.78 is 27.5. The van der Waals surface area contributed by atoms with Gasteiger partial charge in [-0.2, -0.15) is 0 Å². The molecule has 3 N–H and O–H groups in total. The van der Waals surface area contributed by atoms with Gasteiger partial charge >= 0.3 is 0 Å². The van der Waals surface area contributed by atoms with E-state index in [-0.39, 0.29) is 17.9 Å². The molecule has 118 valence electrons. The summed E-state index contributed by atoms with van der Waals surface area (Å²) in [6, 6.07) is 7.33. The van der Waals surface area contributed by atoms with Crippen LogP contribution in [0.3, 0.4) is 0 Å². The van der Waals surface area contributed by atoms with Crippen LogP contribution in [0.1, 0.15) is 16.7 Å². The van der Waals surface area contributed by atoms with Gasteiger partial charge in [0.1, 0.15) is 23.2 Å². The second-order valence-corrected chi connectivity index (χ2v) is 6.03. The van der Waals surface area contributed by atoms with Crippen molar-refractivity contribution in [2.45, 2.75) is 12.8 Å². The molecule has 1 aliphatic rings. The van der Waals surface area contributed by atoms with E-state index in [4.69, 9.17) is 5.73 Å². The van der Waals surface area contributed by atoms with Gasteiger partial charge in [-0.15, -0.1) is 0 Å². The fraction of sp³-hybridized carbons (Fsp3) is 0.125. The molecule has 0 unspecified atom stereocenters. The first kappa shape index (κ1) is 15.6. The molecule has 0 spiro atoms. The summed E-state index contributed by atoms with van der Waals surface area (Å²) in [5, 5.41) is 12.7. The van der Waals surface area contributed by atoms with Crippen molar-refractivity contribution in [1.29, 1.82) is 0 Å². The lowest BCUT2D eigenvalue weighted by Gasteiger charge is -2.10. The van der Waals surface area contributed by atoms with Gasteiger partial charge in [0, 0.05) is 18.4 Å². The van der Waals surface area contributed by atoms with E-state index in [0.717, 1.165) is 5.56 Å². The first-order valence-electron chi connectivity index (χ1n) is 6.79. The highest BCUT2D eigenvalue weighted by atomic mass is 79.9. The van der Waals surface area contributed by atoms with Crippen molar-refractivity contribution in [3.05, 3.63) is 63.1 Å². The average Bonchev–Trinajstić information content (AvgIpc) is 2.92. The third kappa shape index (κ3) is 2.96. The van der Waals surface area contributed by atoms with Gasteiger partial charge in [-0.1, -0.05) is 11.2 Å². The number of amidine groups is 1. The highest BCUT2D eigenvalue weighted by Crippen LogP contribution is 2.32. The molecule has 23 heavy (non-hydrogen) atoms. The van der Waals surface area contributed by atoms with Crippen molar-refractivity contribution in [2.24, 2.45) is 15.9 Å². The number of hydrogen-bond acceptors (Lipinski definition) is 4. The Kier molecular flexibility index (Phi) is 4.12. The van der Waals surface area contributed by atoms with Crippen LogP contribution in [-0.4, -0.2) is 16.8 Å². The first-order chi connectivity index (χ1) is 11.0. The van der Waals surface area contributed by atoms with Crippen LogP contribution in [0.15, 0.2) is 45.0 Å². The second kappa shape index (κ2) is 6.08. The zero-order valence-corrected chi connectivity index (χ0v) is 13.4. The molecule has 2 aromatic carbocycles. The maximum atomic E-state index is 13.8. The summed E-state index contributed by atoms with van der Waals surface area (Å²) >= 11 is 3.12. The Labute approximate surface area is 139 Å². The van der Waals surface area contributed by atoms with Crippen LogP contribution in [0, 0.1) is 11.6 Å². The fourth-order valence-electron chi connectivity index (χ4n) is 2.57. The maximum absolute atomic E-state index is 13.8. The van der Waals surface area contributed by atoms with Crippen LogP contribution in [0.4, 0.5) is 14.5 Å². The topological polar surface area (TPSA) is 71.0 Å². The summed E-state index contributed by atoms with van der Waals surface area (Å²) in [4.78, 5) is 3.99. The number of hydrogen-bond donors (Lipinski definition) is 2. The monoisotopic (exact) mass is 379 g/mol. The van der Waals surface area contributed by atoms with Crippen molar-refractivity contribution in [2.75, 3.05) is 0 Å². The van der Waals surface area contributed by atoms with Crippen LogP contribution in [0.2, 0.25) is 0 Å². The maximum Gasteiger partial charge on any atom is 0.149 e. The quantitative estimate of drug-likeness (QED) is 0.484. The summed E-state index contributed by atoms with van der Waals surface area (Å²) in [5.74, 6) is -0.528. The third-order valence-electron chi connectivity index (χ3n) is 3.63. The van der Waals surface area contributed by atoms with Gasteiger partial charge in [0.15, 0.2) is 0 Å². The Morgan fingerprint density at radius 3 is 2.70 bits per heavy atom. The van der Waals surface area contributed by atoms with Crippen LogP contribution >= 0.6 is 15.9 Å². The lowest BCUT2D eigenvalue weighted by molar-refractivity contribution is 0.318. The molecule has 0 fully saturated rings. The van der Waals surface area contributed by atoms with E-state index in [1.807, 2.05) is 0 Å². The lowest BCUT2D eigenvalue weighted by Crippen LogP contribution is -2.13. The molecule has 0 saturated carbocycles. The predicted octanol–water partition coefficient (Wildman–Crippen LogP) is 3.69. The summed E-state index contributed by atoms with van der Waals surface area (Å²) in [5.41, 5.74) is 8.12. The van der Waals surface area contributed by atoms with Crippen molar-refractivity contribution < 1.29 is 14.0 Å². The number of aliphatic imine (C=N–C) groups is 1. The summed E-state index contributed by atoms with van der Waals surface area (Å²) in [6.45, 7) is 0. The molecule has 1 aliphatic heterocycles. The minimum atomic E-state index is -0.467. The number of rotatable bonds is 3. The molecule has 0 aliphatic carbocycles. The normalized spacial score (nSPS) is 13.9. The first-order valence-corrected chi connectivity index (χ1v) is 7.58. The van der Waals surface area contributed by atoms with Crippen LogP contribution in [-0.2, 0) is 12.8 Å². The van der Waals surface area contributed by atoms with Gasteiger partial charge < -0.3 is 10.9 Å². The Balaban J connectivity index is 1.98. The molecule has 7 heteroatoms. The Bertz CT molecular complexity index is 849. The number of nitrogens with two attached hydrogens (primary N) is 1.